The second-order valence-electron chi connectivity index (χ2n) is 2.38. The van der Waals surface area contributed by atoms with Gasteiger partial charge in [-0.05, 0) is 0 Å². The topological polar surface area (TPSA) is 77.8 Å². The summed E-state index contributed by atoms with van der Waals surface area (Å²) >= 11 is 0. The van der Waals surface area contributed by atoms with Gasteiger partial charge in [-0.1, -0.05) is 24.3 Å². The smallest absolute Gasteiger partial charge is 0.304 e. The molecule has 0 saturated carbocycles. The van der Waals surface area contributed by atoms with Crippen LogP contribution in [0.15, 0.2) is 24.3 Å². The van der Waals surface area contributed by atoms with Crippen molar-refractivity contribution in [1.82, 2.24) is 0 Å². The molecule has 0 heterocycles. The summed E-state index contributed by atoms with van der Waals surface area (Å²) in [5.41, 5.74) is 0.330. The molecule has 0 aliphatic rings. The number of carbonyl (C=O) groups is 1. The van der Waals surface area contributed by atoms with Crippen LogP contribution in [0, 0.1) is 0 Å². The molecule has 1 rings (SSSR count). The van der Waals surface area contributed by atoms with E-state index in [0.717, 1.165) is 0 Å². The highest BCUT2D eigenvalue weighted by atomic mass is 16.7. The van der Waals surface area contributed by atoms with Crippen molar-refractivity contribution in [2.45, 2.75) is 5.97 Å². The van der Waals surface area contributed by atoms with Gasteiger partial charge in [0.1, 0.15) is 6.29 Å². The van der Waals surface area contributed by atoms with Crippen molar-refractivity contribution in [2.24, 2.45) is 0 Å². The fourth-order valence-electron chi connectivity index (χ4n) is 0.785. The summed E-state index contributed by atoms with van der Waals surface area (Å²) in [6, 6.07) is 5.26. The Bertz CT molecular complexity index is 270. The lowest BCUT2D eigenvalue weighted by Gasteiger charge is -2.13. The van der Waals surface area contributed by atoms with Gasteiger partial charge in [0.2, 0.25) is 0 Å². The molecule has 0 bridgehead atoms. The Balaban J connectivity index is 3.00. The molecule has 12 heavy (non-hydrogen) atoms. The molecule has 0 spiro atoms. The Morgan fingerprint density at radius 2 is 1.58 bits per heavy atom. The van der Waals surface area contributed by atoms with Crippen LogP contribution in [0.3, 0.4) is 0 Å². The van der Waals surface area contributed by atoms with E-state index >= 15 is 0 Å². The summed E-state index contributed by atoms with van der Waals surface area (Å²) in [5.74, 6) is -2.83. The predicted octanol–water partition coefficient (Wildman–Crippen LogP) is -0.414. The van der Waals surface area contributed by atoms with Crippen LogP contribution in [0.2, 0.25) is 0 Å². The van der Waals surface area contributed by atoms with Gasteiger partial charge in [-0.15, -0.1) is 0 Å². The van der Waals surface area contributed by atoms with Gasteiger partial charge in [0, 0.05) is 11.1 Å². The van der Waals surface area contributed by atoms with Crippen LogP contribution in [0.5, 0.6) is 0 Å². The Labute approximate surface area is 68.7 Å². The Morgan fingerprint density at radius 1 is 1.08 bits per heavy atom. The maximum atomic E-state index is 10.2. The summed E-state index contributed by atoms with van der Waals surface area (Å²) in [4.78, 5) is 10.2. The normalized spacial score (nSPS) is 11.2. The van der Waals surface area contributed by atoms with Gasteiger partial charge in [0.05, 0.1) is 0 Å². The molecule has 0 aliphatic heterocycles. The van der Waals surface area contributed by atoms with E-state index in [0.29, 0.717) is 11.8 Å². The average Bonchev–Trinajstić information content (AvgIpc) is 2.03. The Kier molecular flexibility index (Phi) is 2.23. The van der Waals surface area contributed by atoms with Crippen LogP contribution in [0.25, 0.3) is 0 Å². The number of carbonyl (C=O) groups excluding carboxylic acids is 1. The lowest BCUT2D eigenvalue weighted by Crippen LogP contribution is -2.23. The average molecular weight is 168 g/mol. The number of aliphatic hydroxyl groups is 3. The maximum Gasteiger partial charge on any atom is 0.304 e. The van der Waals surface area contributed by atoms with Crippen molar-refractivity contribution >= 4 is 6.29 Å². The van der Waals surface area contributed by atoms with E-state index in [1.165, 1.54) is 24.3 Å². The molecular weight excluding hydrogens is 160 g/mol. The second-order valence-corrected chi connectivity index (χ2v) is 2.38. The third-order valence-electron chi connectivity index (χ3n) is 1.43. The van der Waals surface area contributed by atoms with Crippen molar-refractivity contribution in [3.05, 3.63) is 35.4 Å². The number of rotatable bonds is 2. The van der Waals surface area contributed by atoms with E-state index in [9.17, 15) is 4.79 Å². The van der Waals surface area contributed by atoms with E-state index in [1.54, 1.807) is 0 Å². The molecule has 0 atom stereocenters. The van der Waals surface area contributed by atoms with Crippen molar-refractivity contribution in [2.75, 3.05) is 0 Å². The highest BCUT2D eigenvalue weighted by Crippen LogP contribution is 2.14. The zero-order valence-corrected chi connectivity index (χ0v) is 6.14. The quantitative estimate of drug-likeness (QED) is 0.414. The first kappa shape index (κ1) is 8.86. The second kappa shape index (κ2) is 3.02. The summed E-state index contributed by atoms with van der Waals surface area (Å²) in [6.07, 6.45) is 0.623. The molecular formula is C8H8O4. The third kappa shape index (κ3) is 1.88. The van der Waals surface area contributed by atoms with Gasteiger partial charge < -0.3 is 15.3 Å². The van der Waals surface area contributed by atoms with Crippen LogP contribution in [-0.4, -0.2) is 21.6 Å². The zero-order valence-electron chi connectivity index (χ0n) is 6.14. The summed E-state index contributed by atoms with van der Waals surface area (Å²) < 4.78 is 0. The largest absolute Gasteiger partial charge is 0.340 e. The van der Waals surface area contributed by atoms with E-state index in [1.807, 2.05) is 0 Å². The van der Waals surface area contributed by atoms with Crippen molar-refractivity contribution < 1.29 is 20.1 Å². The lowest BCUT2D eigenvalue weighted by atomic mass is 10.1. The highest BCUT2D eigenvalue weighted by Gasteiger charge is 2.20. The summed E-state index contributed by atoms with van der Waals surface area (Å²) in [5, 5.41) is 26.0. The molecule has 0 saturated heterocycles. The number of hydrogen-bond donors (Lipinski definition) is 3. The SMILES string of the molecule is O=Cc1ccc(C(O)(O)O)cc1. The summed E-state index contributed by atoms with van der Waals surface area (Å²) in [6.45, 7) is 0. The maximum absolute atomic E-state index is 10.2. The van der Waals surface area contributed by atoms with E-state index in [-0.39, 0.29) is 5.56 Å². The van der Waals surface area contributed by atoms with Gasteiger partial charge in [-0.25, -0.2) is 0 Å². The molecule has 0 aromatic heterocycles. The number of benzene rings is 1. The van der Waals surface area contributed by atoms with Crippen LogP contribution in [-0.2, 0) is 5.97 Å². The lowest BCUT2D eigenvalue weighted by molar-refractivity contribution is -0.323. The number of aldehydes is 1. The van der Waals surface area contributed by atoms with E-state index in [2.05, 4.69) is 0 Å². The van der Waals surface area contributed by atoms with Gasteiger partial charge >= 0.3 is 5.97 Å². The predicted molar refractivity (Wildman–Crippen MR) is 40.2 cm³/mol. The molecule has 0 amide bonds. The van der Waals surface area contributed by atoms with Gasteiger partial charge in [0.15, 0.2) is 0 Å². The first-order chi connectivity index (χ1) is 5.54. The first-order valence-electron chi connectivity index (χ1n) is 3.27. The molecule has 0 aliphatic carbocycles. The molecule has 0 unspecified atom stereocenters. The molecule has 0 fully saturated rings. The Hall–Kier alpha value is -1.23. The molecule has 0 radical (unpaired) electrons. The minimum absolute atomic E-state index is 0.0758. The van der Waals surface area contributed by atoms with Crippen molar-refractivity contribution in [3.63, 3.8) is 0 Å². The molecule has 3 N–H and O–H groups in total. The van der Waals surface area contributed by atoms with Gasteiger partial charge in [0.25, 0.3) is 0 Å². The van der Waals surface area contributed by atoms with E-state index in [4.69, 9.17) is 15.3 Å². The molecule has 4 nitrogen and oxygen atoms in total. The molecule has 4 heteroatoms. The zero-order chi connectivity index (χ0) is 9.19. The standard InChI is InChI=1S/C8H8O4/c9-5-6-1-3-7(4-2-6)8(10,11)12/h1-5,10-12H. The van der Waals surface area contributed by atoms with Crippen LogP contribution < -0.4 is 0 Å². The van der Waals surface area contributed by atoms with Crippen molar-refractivity contribution in [3.8, 4) is 0 Å². The Morgan fingerprint density at radius 3 is 1.92 bits per heavy atom. The van der Waals surface area contributed by atoms with Crippen LogP contribution in [0.4, 0.5) is 0 Å². The highest BCUT2D eigenvalue weighted by molar-refractivity contribution is 5.74. The van der Waals surface area contributed by atoms with E-state index < -0.39 is 5.97 Å². The molecule has 64 valence electrons. The fourth-order valence-corrected chi connectivity index (χ4v) is 0.785. The summed E-state index contributed by atoms with van der Waals surface area (Å²) in [7, 11) is 0. The van der Waals surface area contributed by atoms with Gasteiger partial charge in [-0.3, -0.25) is 4.79 Å². The van der Waals surface area contributed by atoms with Crippen LogP contribution >= 0.6 is 0 Å². The van der Waals surface area contributed by atoms with Crippen LogP contribution in [0.1, 0.15) is 15.9 Å². The molecule has 1 aromatic rings. The van der Waals surface area contributed by atoms with Crippen molar-refractivity contribution in [1.29, 1.82) is 0 Å². The minimum Gasteiger partial charge on any atom is -0.340 e. The van der Waals surface area contributed by atoms with Gasteiger partial charge in [-0.2, -0.15) is 0 Å². The monoisotopic (exact) mass is 168 g/mol. The minimum atomic E-state index is -2.83. The fraction of sp³-hybridized carbons (Fsp3) is 0.125. The first-order valence-corrected chi connectivity index (χ1v) is 3.27. The molecule has 1 aromatic carbocycles. The number of hydrogen-bond acceptors (Lipinski definition) is 4. The third-order valence-corrected chi connectivity index (χ3v) is 1.43.